The molecule has 31 heavy (non-hydrogen) atoms. The van der Waals surface area contributed by atoms with Crippen molar-refractivity contribution >= 4 is 17.7 Å². The largest absolute Gasteiger partial charge is 0.496 e. The Balaban J connectivity index is 1.50. The lowest BCUT2D eigenvalue weighted by atomic mass is 10.2. The zero-order valence-electron chi connectivity index (χ0n) is 17.2. The molecule has 2 aromatic heterocycles. The maximum absolute atomic E-state index is 12.5. The van der Waals surface area contributed by atoms with E-state index in [1.165, 1.54) is 11.8 Å². The predicted molar refractivity (Wildman–Crippen MR) is 119 cm³/mol. The van der Waals surface area contributed by atoms with E-state index >= 15 is 0 Å². The Bertz CT molecular complexity index is 1170. The molecule has 0 bridgehead atoms. The first-order valence-electron chi connectivity index (χ1n) is 9.74. The van der Waals surface area contributed by atoms with Gasteiger partial charge >= 0.3 is 0 Å². The number of aromatic nitrogens is 3. The molecule has 4 rings (SSSR count). The summed E-state index contributed by atoms with van der Waals surface area (Å²) in [5, 5.41) is 12.3. The number of thioether (sulfide) groups is 1. The average molecular weight is 435 g/mol. The fraction of sp³-hybridized carbons (Fsp3) is 0.174. The second-order valence-electron chi connectivity index (χ2n) is 6.74. The molecule has 0 aliphatic rings. The molecule has 158 valence electrons. The summed E-state index contributed by atoms with van der Waals surface area (Å²) >= 11 is 1.33. The number of nitrogens with zero attached hydrogens (tertiary/aromatic N) is 3. The molecule has 1 N–H and O–H groups in total. The van der Waals surface area contributed by atoms with Crippen LogP contribution in [0.3, 0.4) is 0 Å². The highest BCUT2D eigenvalue weighted by molar-refractivity contribution is 7.99. The number of benzene rings is 2. The minimum Gasteiger partial charge on any atom is -0.496 e. The molecule has 2 heterocycles. The average Bonchev–Trinajstić information content (AvgIpc) is 3.42. The van der Waals surface area contributed by atoms with E-state index in [0.717, 1.165) is 28.3 Å². The Morgan fingerprint density at radius 1 is 1.10 bits per heavy atom. The summed E-state index contributed by atoms with van der Waals surface area (Å²) in [5.74, 6) is 2.30. The van der Waals surface area contributed by atoms with E-state index < -0.39 is 0 Å². The summed E-state index contributed by atoms with van der Waals surface area (Å²) in [6.45, 7) is 2.28. The van der Waals surface area contributed by atoms with E-state index in [-0.39, 0.29) is 11.7 Å². The lowest BCUT2D eigenvalue weighted by Gasteiger charge is -2.11. The van der Waals surface area contributed by atoms with Gasteiger partial charge in [-0.2, -0.15) is 0 Å². The standard InChI is InChI=1S/C23H22N4O3S/c1-16-19(12-13-30-16)22-25-26-23(27(22)18-9-4-3-5-10-18)31-15-21(28)24-14-17-8-6-7-11-20(17)29-2/h3-13H,14-15H2,1-2H3,(H,24,28). The molecule has 7 nitrogen and oxygen atoms in total. The van der Waals surface area contributed by atoms with Crippen LogP contribution in [0.25, 0.3) is 17.1 Å². The SMILES string of the molecule is COc1ccccc1CNC(=O)CSc1nnc(-c2ccoc2C)n1-c1ccccc1. The third-order valence-corrected chi connectivity index (χ3v) is 5.68. The van der Waals surface area contributed by atoms with Gasteiger partial charge in [0.2, 0.25) is 5.91 Å². The summed E-state index contributed by atoms with van der Waals surface area (Å²) in [7, 11) is 1.62. The van der Waals surface area contributed by atoms with Gasteiger partial charge in [-0.15, -0.1) is 10.2 Å². The molecule has 8 heteroatoms. The number of para-hydroxylation sites is 2. The number of hydrogen-bond donors (Lipinski definition) is 1. The Morgan fingerprint density at radius 2 is 1.87 bits per heavy atom. The molecular formula is C23H22N4O3S. The Kier molecular flexibility index (Phi) is 6.37. The van der Waals surface area contributed by atoms with Crippen LogP contribution < -0.4 is 10.1 Å². The number of aryl methyl sites for hydroxylation is 1. The first-order valence-corrected chi connectivity index (χ1v) is 10.7. The van der Waals surface area contributed by atoms with E-state index in [0.29, 0.717) is 17.5 Å². The van der Waals surface area contributed by atoms with E-state index in [2.05, 4.69) is 15.5 Å². The Morgan fingerprint density at radius 3 is 2.61 bits per heavy atom. The van der Waals surface area contributed by atoms with Crippen LogP contribution in [0, 0.1) is 6.92 Å². The number of ether oxygens (including phenoxy) is 1. The van der Waals surface area contributed by atoms with Gasteiger partial charge in [0.25, 0.3) is 0 Å². The molecule has 0 radical (unpaired) electrons. The predicted octanol–water partition coefficient (Wildman–Crippen LogP) is 4.25. The number of rotatable bonds is 8. The van der Waals surface area contributed by atoms with Gasteiger partial charge in [-0.3, -0.25) is 9.36 Å². The first kappa shape index (κ1) is 20.7. The van der Waals surface area contributed by atoms with Gasteiger partial charge in [0.15, 0.2) is 11.0 Å². The van der Waals surface area contributed by atoms with Crippen molar-refractivity contribution in [1.82, 2.24) is 20.1 Å². The van der Waals surface area contributed by atoms with Gasteiger partial charge in [0.05, 0.1) is 24.7 Å². The van der Waals surface area contributed by atoms with Crippen LogP contribution >= 0.6 is 11.8 Å². The molecule has 0 aliphatic carbocycles. The van der Waals surface area contributed by atoms with Crippen molar-refractivity contribution in [3.63, 3.8) is 0 Å². The van der Waals surface area contributed by atoms with Gasteiger partial charge < -0.3 is 14.5 Å². The van der Waals surface area contributed by atoms with Crippen LogP contribution in [-0.2, 0) is 11.3 Å². The van der Waals surface area contributed by atoms with E-state index in [9.17, 15) is 4.79 Å². The maximum Gasteiger partial charge on any atom is 0.230 e. The molecule has 0 aliphatic heterocycles. The van der Waals surface area contributed by atoms with Gasteiger partial charge in [-0.25, -0.2) is 0 Å². The van der Waals surface area contributed by atoms with Crippen LogP contribution in [0.1, 0.15) is 11.3 Å². The highest BCUT2D eigenvalue weighted by atomic mass is 32.2. The second kappa shape index (κ2) is 9.53. The summed E-state index contributed by atoms with van der Waals surface area (Å²) in [6.07, 6.45) is 1.63. The fourth-order valence-electron chi connectivity index (χ4n) is 3.19. The lowest BCUT2D eigenvalue weighted by Crippen LogP contribution is -2.25. The number of furan rings is 1. The topological polar surface area (TPSA) is 82.2 Å². The Hall–Kier alpha value is -3.52. The summed E-state index contributed by atoms with van der Waals surface area (Å²) in [4.78, 5) is 12.5. The minimum absolute atomic E-state index is 0.0976. The van der Waals surface area contributed by atoms with E-state index in [1.54, 1.807) is 13.4 Å². The van der Waals surface area contributed by atoms with Crippen molar-refractivity contribution in [1.29, 1.82) is 0 Å². The number of nitrogens with one attached hydrogen (secondary N) is 1. The zero-order chi connectivity index (χ0) is 21.6. The van der Waals surface area contributed by atoms with E-state index in [1.807, 2.05) is 72.2 Å². The van der Waals surface area contributed by atoms with Gasteiger partial charge in [0.1, 0.15) is 11.5 Å². The van der Waals surface area contributed by atoms with Crippen LogP contribution in [0.5, 0.6) is 5.75 Å². The van der Waals surface area contributed by atoms with Crippen LogP contribution in [0.2, 0.25) is 0 Å². The normalized spacial score (nSPS) is 10.8. The van der Waals surface area contributed by atoms with E-state index in [4.69, 9.17) is 9.15 Å². The quantitative estimate of drug-likeness (QED) is 0.418. The van der Waals surface area contributed by atoms with Gasteiger partial charge in [0, 0.05) is 17.8 Å². The van der Waals surface area contributed by atoms with Crippen molar-refractivity contribution in [2.75, 3.05) is 12.9 Å². The Labute approximate surface area is 184 Å². The highest BCUT2D eigenvalue weighted by Crippen LogP contribution is 2.30. The van der Waals surface area contributed by atoms with Crippen LogP contribution in [-0.4, -0.2) is 33.5 Å². The summed E-state index contributed by atoms with van der Waals surface area (Å²) in [5.41, 5.74) is 2.71. The first-order chi connectivity index (χ1) is 15.2. The summed E-state index contributed by atoms with van der Waals surface area (Å²) < 4.78 is 12.7. The minimum atomic E-state index is -0.0976. The highest BCUT2D eigenvalue weighted by Gasteiger charge is 2.19. The molecular weight excluding hydrogens is 412 g/mol. The molecule has 2 aromatic carbocycles. The van der Waals surface area contributed by atoms with Crippen molar-refractivity contribution in [3.8, 4) is 22.8 Å². The van der Waals surface area contributed by atoms with Crippen molar-refractivity contribution in [2.24, 2.45) is 0 Å². The number of hydrogen-bond acceptors (Lipinski definition) is 6. The molecule has 0 spiro atoms. The van der Waals surface area contributed by atoms with Gasteiger partial charge in [-0.1, -0.05) is 48.2 Å². The molecule has 0 saturated heterocycles. The third kappa shape index (κ3) is 4.64. The number of amides is 1. The molecule has 0 saturated carbocycles. The molecule has 4 aromatic rings. The summed E-state index contributed by atoms with van der Waals surface area (Å²) in [6, 6.07) is 19.3. The van der Waals surface area contributed by atoms with Crippen LogP contribution in [0.4, 0.5) is 0 Å². The molecule has 0 fully saturated rings. The second-order valence-corrected chi connectivity index (χ2v) is 7.69. The van der Waals surface area contributed by atoms with Crippen molar-refractivity contribution in [3.05, 3.63) is 78.3 Å². The lowest BCUT2D eigenvalue weighted by molar-refractivity contribution is -0.118. The number of carbonyl (C=O) groups is 1. The van der Waals surface area contributed by atoms with Crippen LogP contribution in [0.15, 0.2) is 76.5 Å². The monoisotopic (exact) mass is 434 g/mol. The molecule has 0 atom stereocenters. The van der Waals surface area contributed by atoms with Crippen molar-refractivity contribution < 1.29 is 13.9 Å². The maximum atomic E-state index is 12.5. The number of methoxy groups -OCH3 is 1. The number of carbonyl (C=O) groups excluding carboxylic acids is 1. The smallest absolute Gasteiger partial charge is 0.230 e. The molecule has 0 unspecified atom stereocenters. The fourth-order valence-corrected chi connectivity index (χ4v) is 3.97. The molecule has 1 amide bonds. The van der Waals surface area contributed by atoms with Crippen molar-refractivity contribution in [2.45, 2.75) is 18.6 Å². The van der Waals surface area contributed by atoms with Gasteiger partial charge in [-0.05, 0) is 31.2 Å². The zero-order valence-corrected chi connectivity index (χ0v) is 18.1. The third-order valence-electron chi connectivity index (χ3n) is 4.75.